The minimum absolute atomic E-state index is 0. The van der Waals surface area contributed by atoms with Gasteiger partial charge in [0.1, 0.15) is 5.69 Å². The van der Waals surface area contributed by atoms with Gasteiger partial charge in [-0.1, -0.05) is 44.9 Å². The van der Waals surface area contributed by atoms with Gasteiger partial charge in [0.15, 0.2) is 0 Å². The van der Waals surface area contributed by atoms with Crippen LogP contribution in [-0.2, 0) is 34.9 Å². The zero-order valence-electron chi connectivity index (χ0n) is 24.7. The average molecular weight is 699 g/mol. The van der Waals surface area contributed by atoms with Crippen LogP contribution in [0.4, 0.5) is 22.2 Å². The van der Waals surface area contributed by atoms with E-state index in [4.69, 9.17) is 0 Å². The van der Waals surface area contributed by atoms with Gasteiger partial charge in [-0.3, -0.25) is 4.79 Å². The first-order valence-electron chi connectivity index (χ1n) is 12.6. The van der Waals surface area contributed by atoms with E-state index in [0.29, 0.717) is 12.8 Å². The molecule has 0 saturated carbocycles. The van der Waals surface area contributed by atoms with Crippen LogP contribution >= 0.6 is 11.3 Å². The number of hydrogen-bond acceptors (Lipinski definition) is 15. The molecule has 1 aromatic carbocycles. The van der Waals surface area contributed by atoms with Crippen LogP contribution < -0.4 is 69.3 Å². The molecule has 0 fully saturated rings. The third kappa shape index (κ3) is 14.6. The molecule has 1 aromatic heterocycles. The summed E-state index contributed by atoms with van der Waals surface area (Å²) in [5.41, 5.74) is 0.406. The molecule has 15 nitrogen and oxygen atoms in total. The standard InChI is InChI=1S/C22H34N6O9S4.2Na/c1-4-7-8-17(5-2)41(36,37)22-27-26-21(38-22)25-24-18-10-9-16(15-19(18)23-20(29)6-3)28(11-13-39(30,31)32)12-14-40(33,34)35;;/h9-10,15,17H,4-8,11-14H2,1-3H3,(H,23,29)(H,30,31,32)(H,33,34,35);;/q;2*+1/p-2. The molecule has 0 aliphatic carbocycles. The quantitative estimate of drug-likeness (QED) is 0.0987. The van der Waals surface area contributed by atoms with Crippen LogP contribution in [0.5, 0.6) is 0 Å². The first kappa shape index (κ1) is 42.4. The van der Waals surface area contributed by atoms with Gasteiger partial charge in [-0.05, 0) is 31.0 Å². The zero-order valence-corrected chi connectivity index (χ0v) is 32.0. The molecule has 1 heterocycles. The Hall–Kier alpha value is -0.580. The second-order valence-electron chi connectivity index (χ2n) is 8.88. The summed E-state index contributed by atoms with van der Waals surface area (Å²) < 4.78 is 92.7. The number of carbonyl (C=O) groups is 1. The Kier molecular flexibility index (Phi) is 18.9. The van der Waals surface area contributed by atoms with E-state index >= 15 is 0 Å². The maximum atomic E-state index is 13.0. The fourth-order valence-electron chi connectivity index (χ4n) is 3.57. The van der Waals surface area contributed by atoms with E-state index in [0.717, 1.165) is 24.2 Å². The van der Waals surface area contributed by atoms with Gasteiger partial charge in [-0.15, -0.1) is 20.4 Å². The summed E-state index contributed by atoms with van der Waals surface area (Å²) >= 11 is 0.747. The summed E-state index contributed by atoms with van der Waals surface area (Å²) in [6, 6.07) is 4.14. The van der Waals surface area contributed by atoms with Crippen LogP contribution in [0.15, 0.2) is 32.8 Å². The Morgan fingerprint density at radius 2 is 1.58 bits per heavy atom. The SMILES string of the molecule is CCCCC(CC)S(=O)(=O)c1nnc(N=Nc2ccc(N(CCS(=O)(=O)[O-])CCS(=O)(=O)[O-])cc2NC(=O)CC)s1.[Na+].[Na+]. The van der Waals surface area contributed by atoms with Crippen molar-refractivity contribution < 1.29 is 98.3 Å². The van der Waals surface area contributed by atoms with Gasteiger partial charge < -0.3 is 19.3 Å². The molecule has 0 bridgehead atoms. The molecular formula is C22H32N6Na2O9S4. The topological polar surface area (TPSA) is 231 Å². The Labute approximate surface area is 300 Å². The summed E-state index contributed by atoms with van der Waals surface area (Å²) in [5, 5.41) is 17.6. The van der Waals surface area contributed by atoms with E-state index in [9.17, 15) is 39.2 Å². The average Bonchev–Trinajstić information content (AvgIpc) is 3.37. The molecule has 1 unspecified atom stereocenters. The molecular weight excluding hydrogens is 667 g/mol. The first-order valence-corrected chi connectivity index (χ1v) is 18.2. The van der Waals surface area contributed by atoms with Crippen molar-refractivity contribution in [1.29, 1.82) is 0 Å². The number of anilines is 2. The Bertz CT molecular complexity index is 1520. The molecule has 230 valence electrons. The summed E-state index contributed by atoms with van der Waals surface area (Å²) in [6.07, 6.45) is 2.61. The molecule has 1 amide bonds. The number of azo groups is 1. The van der Waals surface area contributed by atoms with E-state index in [-0.39, 0.29) is 92.1 Å². The van der Waals surface area contributed by atoms with E-state index in [1.807, 2.05) is 6.92 Å². The van der Waals surface area contributed by atoms with Crippen molar-refractivity contribution >= 4 is 69.5 Å². The molecule has 0 radical (unpaired) electrons. The second kappa shape index (κ2) is 19.2. The molecule has 2 rings (SSSR count). The summed E-state index contributed by atoms with van der Waals surface area (Å²) in [4.78, 5) is 13.4. The number of rotatable bonds is 17. The molecule has 2 aromatic rings. The first-order chi connectivity index (χ1) is 19.1. The predicted molar refractivity (Wildman–Crippen MR) is 152 cm³/mol. The number of nitrogens with one attached hydrogen (secondary N) is 1. The van der Waals surface area contributed by atoms with Crippen molar-refractivity contribution in [3.63, 3.8) is 0 Å². The van der Waals surface area contributed by atoms with Crippen molar-refractivity contribution in [3.05, 3.63) is 18.2 Å². The normalized spacial score (nSPS) is 12.8. The van der Waals surface area contributed by atoms with E-state index in [2.05, 4.69) is 25.7 Å². The Morgan fingerprint density at radius 3 is 2.09 bits per heavy atom. The van der Waals surface area contributed by atoms with Crippen molar-refractivity contribution in [2.45, 2.75) is 62.5 Å². The number of aromatic nitrogens is 2. The number of carbonyl (C=O) groups excluding carboxylic acids is 1. The van der Waals surface area contributed by atoms with Gasteiger partial charge in [0, 0.05) is 25.2 Å². The predicted octanol–water partition coefficient (Wildman–Crippen LogP) is -3.05. The van der Waals surface area contributed by atoms with Crippen LogP contribution in [0.3, 0.4) is 0 Å². The van der Waals surface area contributed by atoms with Crippen LogP contribution in [0, 0.1) is 0 Å². The molecule has 43 heavy (non-hydrogen) atoms. The van der Waals surface area contributed by atoms with Crippen LogP contribution in [-0.4, -0.2) is 80.3 Å². The van der Waals surface area contributed by atoms with Crippen LogP contribution in [0.1, 0.15) is 52.9 Å². The van der Waals surface area contributed by atoms with Gasteiger partial charge >= 0.3 is 59.1 Å². The Morgan fingerprint density at radius 1 is 0.977 bits per heavy atom. The van der Waals surface area contributed by atoms with E-state index < -0.39 is 65.8 Å². The monoisotopic (exact) mass is 698 g/mol. The van der Waals surface area contributed by atoms with Crippen LogP contribution in [0.25, 0.3) is 0 Å². The molecule has 1 atom stereocenters. The van der Waals surface area contributed by atoms with Crippen molar-refractivity contribution in [1.82, 2.24) is 10.2 Å². The smallest absolute Gasteiger partial charge is 0.748 e. The summed E-state index contributed by atoms with van der Waals surface area (Å²) in [7, 11) is -13.0. The molecule has 21 heteroatoms. The van der Waals surface area contributed by atoms with Gasteiger partial charge in [-0.2, -0.15) is 0 Å². The number of amides is 1. The largest absolute Gasteiger partial charge is 1.00 e. The van der Waals surface area contributed by atoms with Crippen molar-refractivity contribution in [3.8, 4) is 0 Å². The number of nitrogens with zero attached hydrogens (tertiary/aromatic N) is 5. The molecule has 0 saturated heterocycles. The number of unbranched alkanes of at least 4 members (excludes halogenated alkanes) is 1. The van der Waals surface area contributed by atoms with Gasteiger partial charge in [0.2, 0.25) is 20.1 Å². The summed E-state index contributed by atoms with van der Waals surface area (Å²) in [5.74, 6) is -2.14. The minimum Gasteiger partial charge on any atom is -0.748 e. The maximum Gasteiger partial charge on any atom is 1.00 e. The second-order valence-corrected chi connectivity index (χ2v) is 15.3. The third-order valence-corrected chi connectivity index (χ3v) is 10.7. The fraction of sp³-hybridized carbons (Fsp3) is 0.591. The number of benzene rings is 1. The van der Waals surface area contributed by atoms with Gasteiger partial charge in [0.25, 0.3) is 5.13 Å². The summed E-state index contributed by atoms with van der Waals surface area (Å²) in [6.45, 7) is 4.52. The van der Waals surface area contributed by atoms with E-state index in [1.54, 1.807) is 13.8 Å². The number of hydrogen-bond donors (Lipinski definition) is 1. The van der Waals surface area contributed by atoms with E-state index in [1.165, 1.54) is 23.1 Å². The maximum absolute atomic E-state index is 13.0. The number of sulfone groups is 1. The molecule has 0 aliphatic heterocycles. The Balaban J connectivity index is 0.00000882. The van der Waals surface area contributed by atoms with Crippen LogP contribution in [0.2, 0.25) is 0 Å². The molecule has 0 aliphatic rings. The molecule has 1 N–H and O–H groups in total. The molecule has 0 spiro atoms. The van der Waals surface area contributed by atoms with Gasteiger partial charge in [-0.25, -0.2) is 25.3 Å². The minimum atomic E-state index is -4.66. The van der Waals surface area contributed by atoms with Gasteiger partial charge in [0.05, 0.1) is 42.7 Å². The zero-order chi connectivity index (χ0) is 30.8. The fourth-order valence-corrected chi connectivity index (χ4v) is 7.31. The third-order valence-electron chi connectivity index (χ3n) is 5.82. The van der Waals surface area contributed by atoms with Crippen molar-refractivity contribution in [2.75, 3.05) is 34.8 Å². The van der Waals surface area contributed by atoms with Crippen molar-refractivity contribution in [2.24, 2.45) is 10.2 Å².